The van der Waals surface area contributed by atoms with Crippen molar-refractivity contribution in [3.05, 3.63) is 53.7 Å². The molecule has 0 radical (unpaired) electrons. The van der Waals surface area contributed by atoms with Gasteiger partial charge in [-0.2, -0.15) is 5.10 Å². The minimum atomic E-state index is -0.183. The van der Waals surface area contributed by atoms with E-state index in [0.717, 1.165) is 5.56 Å². The van der Waals surface area contributed by atoms with Gasteiger partial charge in [0.1, 0.15) is 5.82 Å². The van der Waals surface area contributed by atoms with Gasteiger partial charge in [0.2, 0.25) is 5.91 Å². The van der Waals surface area contributed by atoms with Crippen LogP contribution in [0.4, 0.5) is 5.82 Å². The molecule has 0 saturated heterocycles. The summed E-state index contributed by atoms with van der Waals surface area (Å²) >= 11 is 0. The first-order chi connectivity index (χ1) is 9.15. The molecule has 1 aromatic carbocycles. The first-order valence-electron chi connectivity index (χ1n) is 6.23. The number of nitrogens with zero attached hydrogens (tertiary/aromatic N) is 1. The molecule has 4 heteroatoms. The van der Waals surface area contributed by atoms with Crippen LogP contribution >= 0.6 is 0 Å². The SMILES string of the molecule is CC(C)c1ccc(/C=C/C(=O)Nc2ccn[nH]2)cc1. The van der Waals surface area contributed by atoms with Crippen LogP contribution in [0.5, 0.6) is 0 Å². The van der Waals surface area contributed by atoms with E-state index in [-0.39, 0.29) is 5.91 Å². The van der Waals surface area contributed by atoms with Crippen LogP contribution in [-0.4, -0.2) is 16.1 Å². The third kappa shape index (κ3) is 3.81. The Morgan fingerprint density at radius 2 is 2.00 bits per heavy atom. The van der Waals surface area contributed by atoms with Gasteiger partial charge in [-0.05, 0) is 23.1 Å². The van der Waals surface area contributed by atoms with E-state index >= 15 is 0 Å². The number of carbonyl (C=O) groups excluding carboxylic acids is 1. The van der Waals surface area contributed by atoms with Gasteiger partial charge >= 0.3 is 0 Å². The second kappa shape index (κ2) is 6.00. The summed E-state index contributed by atoms with van der Waals surface area (Å²) in [6, 6.07) is 9.88. The second-order valence-corrected chi connectivity index (χ2v) is 4.61. The molecule has 1 amide bonds. The maximum atomic E-state index is 11.6. The number of rotatable bonds is 4. The molecule has 4 nitrogen and oxygen atoms in total. The summed E-state index contributed by atoms with van der Waals surface area (Å²) in [5, 5.41) is 9.10. The third-order valence-corrected chi connectivity index (χ3v) is 2.79. The highest BCUT2D eigenvalue weighted by Crippen LogP contribution is 2.15. The minimum absolute atomic E-state index is 0.183. The number of anilines is 1. The smallest absolute Gasteiger partial charge is 0.249 e. The summed E-state index contributed by atoms with van der Waals surface area (Å²) in [7, 11) is 0. The van der Waals surface area contributed by atoms with Crippen molar-refractivity contribution in [3.8, 4) is 0 Å². The number of H-pyrrole nitrogens is 1. The number of nitrogens with one attached hydrogen (secondary N) is 2. The number of benzene rings is 1. The van der Waals surface area contributed by atoms with Crippen LogP contribution in [0.15, 0.2) is 42.6 Å². The Kier molecular flexibility index (Phi) is 4.13. The normalized spacial score (nSPS) is 11.1. The number of hydrogen-bond donors (Lipinski definition) is 2. The van der Waals surface area contributed by atoms with E-state index in [9.17, 15) is 4.79 Å². The maximum Gasteiger partial charge on any atom is 0.249 e. The van der Waals surface area contributed by atoms with Crippen LogP contribution in [-0.2, 0) is 4.79 Å². The Bertz CT molecular complexity index is 554. The molecule has 0 spiro atoms. The van der Waals surface area contributed by atoms with Crippen molar-refractivity contribution in [2.24, 2.45) is 0 Å². The molecule has 98 valence electrons. The highest BCUT2D eigenvalue weighted by molar-refractivity contribution is 6.01. The van der Waals surface area contributed by atoms with Crippen LogP contribution in [0.1, 0.15) is 30.9 Å². The molecule has 0 fully saturated rings. The zero-order valence-corrected chi connectivity index (χ0v) is 11.1. The van der Waals surface area contributed by atoms with Crippen LogP contribution in [0.3, 0.4) is 0 Å². The number of carbonyl (C=O) groups is 1. The van der Waals surface area contributed by atoms with Crippen LogP contribution < -0.4 is 5.32 Å². The third-order valence-electron chi connectivity index (χ3n) is 2.79. The molecule has 1 heterocycles. The van der Waals surface area contributed by atoms with E-state index in [1.54, 1.807) is 18.3 Å². The quantitative estimate of drug-likeness (QED) is 0.824. The van der Waals surface area contributed by atoms with Gasteiger partial charge in [0.25, 0.3) is 0 Å². The molecule has 0 bridgehead atoms. The van der Waals surface area contributed by atoms with Crippen molar-refractivity contribution in [2.45, 2.75) is 19.8 Å². The first-order valence-corrected chi connectivity index (χ1v) is 6.23. The van der Waals surface area contributed by atoms with Crippen molar-refractivity contribution in [2.75, 3.05) is 5.32 Å². The molecule has 1 aromatic heterocycles. The largest absolute Gasteiger partial charge is 0.307 e. The van der Waals surface area contributed by atoms with E-state index in [2.05, 4.69) is 41.5 Å². The minimum Gasteiger partial charge on any atom is -0.307 e. The Hall–Kier alpha value is -2.36. The lowest BCUT2D eigenvalue weighted by atomic mass is 10.0. The van der Waals surface area contributed by atoms with Gasteiger partial charge < -0.3 is 5.32 Å². The molecule has 19 heavy (non-hydrogen) atoms. The van der Waals surface area contributed by atoms with E-state index in [0.29, 0.717) is 11.7 Å². The average molecular weight is 255 g/mol. The van der Waals surface area contributed by atoms with Crippen molar-refractivity contribution >= 4 is 17.8 Å². The zero-order valence-electron chi connectivity index (χ0n) is 11.1. The molecular formula is C15H17N3O. The Labute approximate surface area is 112 Å². The molecule has 0 aliphatic rings. The fraction of sp³-hybridized carbons (Fsp3) is 0.200. The summed E-state index contributed by atoms with van der Waals surface area (Å²) in [6.07, 6.45) is 4.88. The van der Waals surface area contributed by atoms with E-state index in [1.165, 1.54) is 11.6 Å². The average Bonchev–Trinajstić information content (AvgIpc) is 2.89. The molecular weight excluding hydrogens is 238 g/mol. The Morgan fingerprint density at radius 3 is 2.58 bits per heavy atom. The standard InChI is InChI=1S/C15H17N3O/c1-11(2)13-6-3-12(4-7-13)5-8-15(19)17-14-9-10-16-18-14/h3-11H,1-2H3,(H2,16,17,18,19)/b8-5+. The van der Waals surface area contributed by atoms with Crippen LogP contribution in [0.2, 0.25) is 0 Å². The maximum absolute atomic E-state index is 11.6. The Balaban J connectivity index is 1.96. The number of aromatic nitrogens is 2. The Morgan fingerprint density at radius 1 is 1.26 bits per heavy atom. The molecule has 0 atom stereocenters. The molecule has 0 unspecified atom stereocenters. The van der Waals surface area contributed by atoms with Crippen LogP contribution in [0.25, 0.3) is 6.08 Å². The highest BCUT2D eigenvalue weighted by Gasteiger charge is 1.99. The first kappa shape index (κ1) is 13.1. The van der Waals surface area contributed by atoms with Crippen molar-refractivity contribution in [1.29, 1.82) is 0 Å². The van der Waals surface area contributed by atoms with Gasteiger partial charge in [-0.1, -0.05) is 38.1 Å². The van der Waals surface area contributed by atoms with E-state index < -0.39 is 0 Å². The molecule has 0 aliphatic carbocycles. The van der Waals surface area contributed by atoms with Gasteiger partial charge in [-0.25, -0.2) is 0 Å². The predicted molar refractivity (Wildman–Crippen MR) is 76.8 cm³/mol. The van der Waals surface area contributed by atoms with Gasteiger partial charge in [0, 0.05) is 12.1 Å². The van der Waals surface area contributed by atoms with Gasteiger partial charge in [0.15, 0.2) is 0 Å². The lowest BCUT2D eigenvalue weighted by molar-refractivity contribution is -0.111. The topological polar surface area (TPSA) is 57.8 Å². The predicted octanol–water partition coefficient (Wildman–Crippen LogP) is 3.19. The summed E-state index contributed by atoms with van der Waals surface area (Å²) in [6.45, 7) is 4.31. The number of hydrogen-bond acceptors (Lipinski definition) is 2. The lowest BCUT2D eigenvalue weighted by Gasteiger charge is -2.04. The second-order valence-electron chi connectivity index (χ2n) is 4.61. The lowest BCUT2D eigenvalue weighted by Crippen LogP contribution is -2.07. The summed E-state index contributed by atoms with van der Waals surface area (Å²) in [4.78, 5) is 11.6. The molecule has 0 aliphatic heterocycles. The molecule has 2 N–H and O–H groups in total. The molecule has 2 rings (SSSR count). The van der Waals surface area contributed by atoms with Crippen molar-refractivity contribution in [3.63, 3.8) is 0 Å². The fourth-order valence-corrected chi connectivity index (χ4v) is 1.66. The zero-order chi connectivity index (χ0) is 13.7. The van der Waals surface area contributed by atoms with Gasteiger partial charge in [0.05, 0.1) is 6.20 Å². The fourth-order valence-electron chi connectivity index (χ4n) is 1.66. The van der Waals surface area contributed by atoms with Crippen LogP contribution in [0, 0.1) is 0 Å². The molecule has 0 saturated carbocycles. The van der Waals surface area contributed by atoms with E-state index in [1.807, 2.05) is 12.1 Å². The number of amides is 1. The monoisotopic (exact) mass is 255 g/mol. The number of aromatic amines is 1. The highest BCUT2D eigenvalue weighted by atomic mass is 16.1. The molecule has 2 aromatic rings. The summed E-state index contributed by atoms with van der Waals surface area (Å²) in [5.41, 5.74) is 2.29. The van der Waals surface area contributed by atoms with E-state index in [4.69, 9.17) is 0 Å². The van der Waals surface area contributed by atoms with Crippen molar-refractivity contribution < 1.29 is 4.79 Å². The summed E-state index contributed by atoms with van der Waals surface area (Å²) in [5.74, 6) is 0.920. The van der Waals surface area contributed by atoms with Gasteiger partial charge in [-0.3, -0.25) is 9.89 Å². The van der Waals surface area contributed by atoms with Crippen molar-refractivity contribution in [1.82, 2.24) is 10.2 Å². The van der Waals surface area contributed by atoms with Gasteiger partial charge in [-0.15, -0.1) is 0 Å². The summed E-state index contributed by atoms with van der Waals surface area (Å²) < 4.78 is 0.